The topological polar surface area (TPSA) is 12.5 Å². The van der Waals surface area contributed by atoms with Crippen LogP contribution >= 0.6 is 22.6 Å². The molecule has 0 aliphatic heterocycles. The summed E-state index contributed by atoms with van der Waals surface area (Å²) in [7, 11) is 1.62. The highest BCUT2D eigenvalue weighted by atomic mass is 127. The molecule has 0 saturated heterocycles. The quantitative estimate of drug-likeness (QED) is 0.453. The zero-order valence-corrected chi connectivity index (χ0v) is 16.1. The third kappa shape index (κ3) is 4.51. The zero-order valence-electron chi connectivity index (χ0n) is 14.0. The molecule has 0 radical (unpaired) electrons. The first kappa shape index (κ1) is 17.7. The molecule has 0 aromatic heterocycles. The van der Waals surface area contributed by atoms with Gasteiger partial charge >= 0.3 is 0 Å². The molecule has 0 bridgehead atoms. The molecule has 0 spiro atoms. The number of nitrogens with zero attached hydrogens (tertiary/aromatic N) is 1. The van der Waals surface area contributed by atoms with Crippen molar-refractivity contribution in [3.63, 3.8) is 0 Å². The van der Waals surface area contributed by atoms with Gasteiger partial charge in [0.25, 0.3) is 0 Å². The van der Waals surface area contributed by atoms with Crippen LogP contribution in [0.15, 0.2) is 72.8 Å². The van der Waals surface area contributed by atoms with Crippen LogP contribution in [-0.2, 0) is 13.1 Å². The van der Waals surface area contributed by atoms with Crippen molar-refractivity contribution < 1.29 is 9.13 Å². The molecule has 25 heavy (non-hydrogen) atoms. The second-order valence-corrected chi connectivity index (χ2v) is 6.93. The number of halogens is 2. The Bertz CT molecular complexity index is 783. The van der Waals surface area contributed by atoms with Gasteiger partial charge in [0.1, 0.15) is 11.6 Å². The number of anilines is 1. The van der Waals surface area contributed by atoms with Gasteiger partial charge in [-0.2, -0.15) is 0 Å². The highest BCUT2D eigenvalue weighted by Crippen LogP contribution is 2.33. The summed E-state index contributed by atoms with van der Waals surface area (Å²) < 4.78 is 20.3. The third-order valence-corrected chi connectivity index (χ3v) is 4.82. The Labute approximate surface area is 161 Å². The Balaban J connectivity index is 2.00. The fourth-order valence-corrected chi connectivity index (χ4v) is 3.20. The molecule has 128 valence electrons. The first-order valence-corrected chi connectivity index (χ1v) is 9.11. The van der Waals surface area contributed by atoms with Gasteiger partial charge in [0.05, 0.1) is 16.4 Å². The van der Waals surface area contributed by atoms with Gasteiger partial charge in [-0.1, -0.05) is 60.7 Å². The molecule has 4 heteroatoms. The summed E-state index contributed by atoms with van der Waals surface area (Å²) in [6.07, 6.45) is 0. The van der Waals surface area contributed by atoms with Gasteiger partial charge in [0, 0.05) is 19.2 Å². The molecule has 0 amide bonds. The number of rotatable bonds is 6. The summed E-state index contributed by atoms with van der Waals surface area (Å²) in [6, 6.07) is 23.7. The second kappa shape index (κ2) is 8.34. The predicted molar refractivity (Wildman–Crippen MR) is 108 cm³/mol. The van der Waals surface area contributed by atoms with E-state index in [0.29, 0.717) is 22.4 Å². The first-order valence-electron chi connectivity index (χ1n) is 8.03. The van der Waals surface area contributed by atoms with E-state index in [4.69, 9.17) is 4.74 Å². The van der Waals surface area contributed by atoms with Crippen LogP contribution in [0.1, 0.15) is 11.1 Å². The molecule has 0 heterocycles. The molecule has 0 unspecified atom stereocenters. The number of benzene rings is 3. The summed E-state index contributed by atoms with van der Waals surface area (Å²) in [4.78, 5) is 2.14. The van der Waals surface area contributed by atoms with Crippen LogP contribution in [-0.4, -0.2) is 7.11 Å². The average molecular weight is 447 g/mol. The molecular weight excluding hydrogens is 428 g/mol. The van der Waals surface area contributed by atoms with Crippen LogP contribution in [0.4, 0.5) is 10.1 Å². The maximum Gasteiger partial charge on any atom is 0.143 e. The van der Waals surface area contributed by atoms with Crippen molar-refractivity contribution in [1.29, 1.82) is 0 Å². The van der Waals surface area contributed by atoms with E-state index in [1.54, 1.807) is 19.2 Å². The van der Waals surface area contributed by atoms with E-state index >= 15 is 0 Å². The summed E-state index contributed by atoms with van der Waals surface area (Å²) in [6.45, 7) is 1.35. The number of ether oxygens (including phenoxy) is 1. The minimum atomic E-state index is -0.234. The van der Waals surface area contributed by atoms with Crippen LogP contribution in [0.3, 0.4) is 0 Å². The molecule has 0 saturated carbocycles. The monoisotopic (exact) mass is 447 g/mol. The Morgan fingerprint density at radius 1 is 0.880 bits per heavy atom. The number of hydrogen-bond acceptors (Lipinski definition) is 2. The average Bonchev–Trinajstić information content (AvgIpc) is 2.65. The van der Waals surface area contributed by atoms with Gasteiger partial charge in [0.2, 0.25) is 0 Å². The van der Waals surface area contributed by atoms with Crippen LogP contribution in [0.2, 0.25) is 0 Å². The Kier molecular flexibility index (Phi) is 5.91. The van der Waals surface area contributed by atoms with Crippen molar-refractivity contribution in [3.8, 4) is 5.75 Å². The maximum atomic E-state index is 14.2. The van der Waals surface area contributed by atoms with E-state index in [-0.39, 0.29) is 5.82 Å². The molecule has 0 aliphatic carbocycles. The molecule has 2 nitrogen and oxygen atoms in total. The summed E-state index contributed by atoms with van der Waals surface area (Å²) in [5.41, 5.74) is 3.09. The maximum absolute atomic E-state index is 14.2. The van der Waals surface area contributed by atoms with Crippen molar-refractivity contribution in [2.24, 2.45) is 0 Å². The van der Waals surface area contributed by atoms with E-state index < -0.39 is 0 Å². The standard InChI is InChI=1S/C21H19FINO/c1-25-21-13-19(23)18(22)12-20(21)24(14-16-8-4-2-5-9-16)15-17-10-6-3-7-11-17/h2-13H,14-15H2,1H3. The smallest absolute Gasteiger partial charge is 0.143 e. The van der Waals surface area contributed by atoms with E-state index in [9.17, 15) is 4.39 Å². The lowest BCUT2D eigenvalue weighted by Gasteiger charge is -2.27. The van der Waals surface area contributed by atoms with E-state index in [1.165, 1.54) is 11.1 Å². The number of hydrogen-bond donors (Lipinski definition) is 0. The molecule has 0 N–H and O–H groups in total. The Morgan fingerprint density at radius 2 is 1.40 bits per heavy atom. The zero-order chi connectivity index (χ0) is 17.6. The molecule has 3 rings (SSSR count). The van der Waals surface area contributed by atoms with Gasteiger partial charge in [-0.05, 0) is 39.8 Å². The lowest BCUT2D eigenvalue weighted by molar-refractivity contribution is 0.412. The van der Waals surface area contributed by atoms with Crippen molar-refractivity contribution in [2.45, 2.75) is 13.1 Å². The van der Waals surface area contributed by atoms with Gasteiger partial charge in [-0.15, -0.1) is 0 Å². The van der Waals surface area contributed by atoms with Gasteiger partial charge < -0.3 is 9.64 Å². The van der Waals surface area contributed by atoms with Gasteiger partial charge in [-0.25, -0.2) is 4.39 Å². The summed E-state index contributed by atoms with van der Waals surface area (Å²) in [5, 5.41) is 0. The molecule has 0 aliphatic rings. The van der Waals surface area contributed by atoms with Crippen molar-refractivity contribution in [3.05, 3.63) is 93.3 Å². The van der Waals surface area contributed by atoms with E-state index in [2.05, 4.69) is 29.2 Å². The van der Waals surface area contributed by atoms with Crippen molar-refractivity contribution >= 4 is 28.3 Å². The van der Waals surface area contributed by atoms with Crippen LogP contribution < -0.4 is 9.64 Å². The largest absolute Gasteiger partial charge is 0.495 e. The van der Waals surface area contributed by atoms with Crippen LogP contribution in [0, 0.1) is 9.39 Å². The van der Waals surface area contributed by atoms with Crippen LogP contribution in [0.25, 0.3) is 0 Å². The van der Waals surface area contributed by atoms with Crippen molar-refractivity contribution in [1.82, 2.24) is 0 Å². The predicted octanol–water partition coefficient (Wildman–Crippen LogP) is 5.65. The van der Waals surface area contributed by atoms with E-state index in [1.807, 2.05) is 59.0 Å². The number of methoxy groups -OCH3 is 1. The van der Waals surface area contributed by atoms with E-state index in [0.717, 1.165) is 5.69 Å². The lowest BCUT2D eigenvalue weighted by atomic mass is 10.1. The van der Waals surface area contributed by atoms with Crippen LogP contribution in [0.5, 0.6) is 5.75 Å². The molecule has 3 aromatic carbocycles. The SMILES string of the molecule is COc1cc(I)c(F)cc1N(Cc1ccccc1)Cc1ccccc1. The highest BCUT2D eigenvalue weighted by Gasteiger charge is 2.16. The Hall–Kier alpha value is -2.08. The van der Waals surface area contributed by atoms with Gasteiger partial charge in [0.15, 0.2) is 0 Å². The highest BCUT2D eigenvalue weighted by molar-refractivity contribution is 14.1. The Morgan fingerprint density at radius 3 is 1.88 bits per heavy atom. The van der Waals surface area contributed by atoms with Gasteiger partial charge in [-0.3, -0.25) is 0 Å². The summed E-state index contributed by atoms with van der Waals surface area (Å²) >= 11 is 1.99. The fourth-order valence-electron chi connectivity index (χ4n) is 2.76. The second-order valence-electron chi connectivity index (χ2n) is 5.77. The van der Waals surface area contributed by atoms with Crippen molar-refractivity contribution in [2.75, 3.05) is 12.0 Å². The molecule has 0 fully saturated rings. The minimum Gasteiger partial charge on any atom is -0.495 e. The molecular formula is C21H19FINO. The fraction of sp³-hybridized carbons (Fsp3) is 0.143. The molecule has 3 aromatic rings. The molecule has 0 atom stereocenters. The summed E-state index contributed by atoms with van der Waals surface area (Å²) in [5.74, 6) is 0.445. The normalized spacial score (nSPS) is 10.5. The minimum absolute atomic E-state index is 0.234. The third-order valence-electron chi connectivity index (χ3n) is 3.99. The first-order chi connectivity index (χ1) is 12.2. The lowest BCUT2D eigenvalue weighted by Crippen LogP contribution is -2.23.